The highest BCUT2D eigenvalue weighted by Gasteiger charge is 2.30. The highest BCUT2D eigenvalue weighted by molar-refractivity contribution is 6.53. The van der Waals surface area contributed by atoms with Gasteiger partial charge in [0.15, 0.2) is 0 Å². The van der Waals surface area contributed by atoms with Crippen molar-refractivity contribution in [3.05, 3.63) is 42.0 Å². The van der Waals surface area contributed by atoms with Crippen LogP contribution in [0.1, 0.15) is 82.6 Å². The topological polar surface area (TPSA) is 0 Å². The van der Waals surface area contributed by atoms with E-state index in [1.165, 1.54) is 57.4 Å². The van der Waals surface area contributed by atoms with Crippen molar-refractivity contribution in [2.75, 3.05) is 6.67 Å². The van der Waals surface area contributed by atoms with Gasteiger partial charge in [0.25, 0.3) is 0 Å². The van der Waals surface area contributed by atoms with Crippen molar-refractivity contribution < 1.29 is 4.39 Å². The standard InChI is InChI=1S/C25H39FSi/c1-2-27-25-17-15-24(16-18-25)23-13-11-22(12-14-23)21-9-7-20(8-10-21)6-4-3-5-19-26/h4,6,15-18,20-23H,2-3,5,7-14,19,27H2,1H3/b6-4+. The Balaban J connectivity index is 1.40. The van der Waals surface area contributed by atoms with Gasteiger partial charge in [-0.25, -0.2) is 0 Å². The van der Waals surface area contributed by atoms with E-state index in [0.29, 0.717) is 6.42 Å². The van der Waals surface area contributed by atoms with Crippen LogP contribution in [0.15, 0.2) is 36.4 Å². The lowest BCUT2D eigenvalue weighted by atomic mass is 9.68. The molecule has 0 spiro atoms. The molecule has 1 aromatic rings. The fraction of sp³-hybridized carbons (Fsp3) is 0.680. The smallest absolute Gasteiger partial charge is 0.0897 e. The molecule has 150 valence electrons. The normalized spacial score (nSPS) is 29.7. The van der Waals surface area contributed by atoms with Gasteiger partial charge in [0.1, 0.15) is 0 Å². The third-order valence-electron chi connectivity index (χ3n) is 7.16. The fourth-order valence-corrected chi connectivity index (χ4v) is 6.61. The molecule has 3 rings (SSSR count). The van der Waals surface area contributed by atoms with E-state index in [1.807, 2.05) is 0 Å². The van der Waals surface area contributed by atoms with Gasteiger partial charge in [-0.3, -0.25) is 4.39 Å². The molecular weight excluding hydrogens is 347 g/mol. The summed E-state index contributed by atoms with van der Waals surface area (Å²) < 4.78 is 12.2. The summed E-state index contributed by atoms with van der Waals surface area (Å²) in [4.78, 5) is 0. The lowest BCUT2D eigenvalue weighted by Crippen LogP contribution is -2.25. The molecule has 1 aromatic carbocycles. The summed E-state index contributed by atoms with van der Waals surface area (Å²) in [5.74, 6) is 3.53. The second-order valence-corrected chi connectivity index (χ2v) is 11.4. The Morgan fingerprint density at radius 1 is 0.926 bits per heavy atom. The van der Waals surface area contributed by atoms with Gasteiger partial charge in [-0.05, 0) is 93.4 Å². The van der Waals surface area contributed by atoms with E-state index in [1.54, 1.807) is 10.8 Å². The summed E-state index contributed by atoms with van der Waals surface area (Å²) in [6.45, 7) is 2.14. The molecular formula is C25H39FSi. The molecule has 0 N–H and O–H groups in total. The molecule has 27 heavy (non-hydrogen) atoms. The van der Waals surface area contributed by atoms with Crippen LogP contribution in [0.5, 0.6) is 0 Å². The zero-order valence-electron chi connectivity index (χ0n) is 17.3. The van der Waals surface area contributed by atoms with Crippen LogP contribution in [-0.4, -0.2) is 16.2 Å². The first kappa shape index (κ1) is 20.8. The van der Waals surface area contributed by atoms with Gasteiger partial charge < -0.3 is 0 Å². The van der Waals surface area contributed by atoms with Gasteiger partial charge in [-0.2, -0.15) is 0 Å². The maximum Gasteiger partial charge on any atom is 0.0897 e. The molecule has 2 saturated carbocycles. The number of unbranched alkanes of at least 4 members (excludes halogenated alkanes) is 1. The Morgan fingerprint density at radius 2 is 1.56 bits per heavy atom. The molecule has 0 bridgehead atoms. The predicted octanol–water partition coefficient (Wildman–Crippen LogP) is 6.31. The van der Waals surface area contributed by atoms with Crippen LogP contribution in [0.3, 0.4) is 0 Å². The molecule has 2 fully saturated rings. The maximum atomic E-state index is 12.2. The van der Waals surface area contributed by atoms with Crippen LogP contribution in [0.25, 0.3) is 0 Å². The van der Waals surface area contributed by atoms with Crippen LogP contribution in [0.4, 0.5) is 4.39 Å². The average molecular weight is 387 g/mol. The third kappa shape index (κ3) is 6.31. The van der Waals surface area contributed by atoms with Crippen LogP contribution in [0.2, 0.25) is 6.04 Å². The first-order valence-electron chi connectivity index (χ1n) is 11.6. The minimum atomic E-state index is -0.176. The maximum absolute atomic E-state index is 12.2. The number of alkyl halides is 1. The average Bonchev–Trinajstić information content (AvgIpc) is 2.73. The van der Waals surface area contributed by atoms with Crippen molar-refractivity contribution in [2.24, 2.45) is 17.8 Å². The van der Waals surface area contributed by atoms with Crippen molar-refractivity contribution >= 4 is 14.7 Å². The Bertz CT molecular complexity index is 548. The SMILES string of the molecule is CC[SiH2]c1ccc(C2CCC(C3CCC(/C=C/CCCF)CC3)CC2)cc1. The Hall–Kier alpha value is -0.893. The second-order valence-electron chi connectivity index (χ2n) is 9.04. The first-order valence-corrected chi connectivity index (χ1v) is 13.3. The minimum absolute atomic E-state index is 0.00184. The predicted molar refractivity (Wildman–Crippen MR) is 120 cm³/mol. The molecule has 0 radical (unpaired) electrons. The van der Waals surface area contributed by atoms with Crippen molar-refractivity contribution in [3.63, 3.8) is 0 Å². The summed E-state index contributed by atoms with van der Waals surface area (Å²) in [5.41, 5.74) is 1.60. The quantitative estimate of drug-likeness (QED) is 0.279. The molecule has 2 heteroatoms. The molecule has 0 aromatic heterocycles. The summed E-state index contributed by atoms with van der Waals surface area (Å²) in [6, 6.07) is 11.1. The van der Waals surface area contributed by atoms with E-state index in [2.05, 4.69) is 43.3 Å². The van der Waals surface area contributed by atoms with E-state index >= 15 is 0 Å². The van der Waals surface area contributed by atoms with Gasteiger partial charge >= 0.3 is 0 Å². The second kappa shape index (κ2) is 11.2. The minimum Gasteiger partial charge on any atom is -0.251 e. The molecule has 2 aliphatic rings. The highest BCUT2D eigenvalue weighted by Crippen LogP contribution is 2.44. The van der Waals surface area contributed by atoms with E-state index < -0.39 is 0 Å². The molecule has 0 atom stereocenters. The molecule has 0 aliphatic heterocycles. The molecule has 0 amide bonds. The number of hydrogen-bond acceptors (Lipinski definition) is 0. The van der Waals surface area contributed by atoms with Crippen molar-refractivity contribution in [2.45, 2.75) is 83.1 Å². The van der Waals surface area contributed by atoms with Crippen LogP contribution < -0.4 is 5.19 Å². The fourth-order valence-electron chi connectivity index (χ4n) is 5.46. The summed E-state index contributed by atoms with van der Waals surface area (Å²) in [6.07, 6.45) is 17.5. The van der Waals surface area contributed by atoms with Crippen molar-refractivity contribution in [1.82, 2.24) is 0 Å². The lowest BCUT2D eigenvalue weighted by Gasteiger charge is -2.37. The number of rotatable bonds is 8. The monoisotopic (exact) mass is 386 g/mol. The first-order chi connectivity index (χ1) is 13.3. The van der Waals surface area contributed by atoms with Crippen LogP contribution >= 0.6 is 0 Å². The van der Waals surface area contributed by atoms with E-state index in [9.17, 15) is 4.39 Å². The summed E-state index contributed by atoms with van der Waals surface area (Å²) in [7, 11) is -0.00184. The number of halogens is 1. The Labute approximate surface area is 168 Å². The third-order valence-corrected chi connectivity index (χ3v) is 8.71. The van der Waals surface area contributed by atoms with Crippen molar-refractivity contribution in [1.29, 1.82) is 0 Å². The Kier molecular flexibility index (Phi) is 8.63. The Morgan fingerprint density at radius 3 is 2.15 bits per heavy atom. The van der Waals surface area contributed by atoms with E-state index in [4.69, 9.17) is 0 Å². The molecule has 2 aliphatic carbocycles. The molecule has 0 unspecified atom stereocenters. The van der Waals surface area contributed by atoms with E-state index in [-0.39, 0.29) is 16.2 Å². The van der Waals surface area contributed by atoms with E-state index in [0.717, 1.165) is 30.1 Å². The lowest BCUT2D eigenvalue weighted by molar-refractivity contribution is 0.171. The summed E-state index contributed by atoms with van der Waals surface area (Å²) in [5, 5.41) is 1.63. The number of hydrogen-bond donors (Lipinski definition) is 0. The summed E-state index contributed by atoms with van der Waals surface area (Å²) >= 11 is 0. The van der Waals surface area contributed by atoms with Gasteiger partial charge in [0.2, 0.25) is 0 Å². The zero-order chi connectivity index (χ0) is 18.9. The highest BCUT2D eigenvalue weighted by atomic mass is 28.2. The van der Waals surface area contributed by atoms with Gasteiger partial charge in [-0.15, -0.1) is 0 Å². The molecule has 0 heterocycles. The van der Waals surface area contributed by atoms with Crippen LogP contribution in [-0.2, 0) is 0 Å². The zero-order valence-corrected chi connectivity index (χ0v) is 18.8. The van der Waals surface area contributed by atoms with Crippen LogP contribution in [0, 0.1) is 17.8 Å². The number of allylic oxidation sites excluding steroid dienone is 2. The number of benzene rings is 1. The van der Waals surface area contributed by atoms with Gasteiger partial charge in [-0.1, -0.05) is 54.6 Å². The van der Waals surface area contributed by atoms with Gasteiger partial charge in [0.05, 0.1) is 16.2 Å². The van der Waals surface area contributed by atoms with Crippen molar-refractivity contribution in [3.8, 4) is 0 Å². The molecule has 0 saturated heterocycles. The van der Waals surface area contributed by atoms with Gasteiger partial charge in [0, 0.05) is 0 Å². The largest absolute Gasteiger partial charge is 0.251 e. The molecule has 0 nitrogen and oxygen atoms in total.